The lowest BCUT2D eigenvalue weighted by Crippen LogP contribution is -2.68. The predicted octanol–water partition coefficient (Wildman–Crippen LogP) is 3.93. The highest BCUT2D eigenvalue weighted by Gasteiger charge is 2.53. The molecule has 3 aliphatic rings. The van der Waals surface area contributed by atoms with Gasteiger partial charge in [-0.15, -0.1) is 0 Å². The predicted molar refractivity (Wildman–Crippen MR) is 108 cm³/mol. The summed E-state index contributed by atoms with van der Waals surface area (Å²) >= 11 is 0. The van der Waals surface area contributed by atoms with Crippen molar-refractivity contribution in [3.8, 4) is 0 Å². The molecule has 1 fully saturated rings. The molecule has 0 radical (unpaired) electrons. The van der Waals surface area contributed by atoms with Crippen LogP contribution < -0.4 is 5.32 Å². The van der Waals surface area contributed by atoms with Crippen LogP contribution in [0.25, 0.3) is 0 Å². The number of anilines is 1. The molecule has 140 valence electrons. The molecule has 2 bridgehead atoms. The van der Waals surface area contributed by atoms with Gasteiger partial charge in [0.1, 0.15) is 0 Å². The number of hydrogen-bond acceptors (Lipinski definition) is 2. The smallest absolute Gasteiger partial charge is 0.315 e. The molecule has 5 rings (SSSR count). The first-order valence-electron chi connectivity index (χ1n) is 9.93. The zero-order chi connectivity index (χ0) is 18.8. The fourth-order valence-corrected chi connectivity index (χ4v) is 5.57. The number of nitrogens with one attached hydrogen (secondary N) is 1. The number of amides is 2. The number of likely N-dealkylation sites (N-methyl/N-ethyl adjacent to an activating group) is 1. The SMILES string of the molecule is Cc1ccc2c(c1)[C@@]1(C)CCN(C)[C@H](C2)[C@@H]1N1Cc2ccccc2NC1=O. The summed E-state index contributed by atoms with van der Waals surface area (Å²) in [5.74, 6) is 0. The van der Waals surface area contributed by atoms with Crippen molar-refractivity contribution < 1.29 is 4.79 Å². The molecule has 1 N–H and O–H groups in total. The average molecular weight is 361 g/mol. The number of likely N-dealkylation sites (tertiary alicyclic amines) is 1. The number of urea groups is 1. The van der Waals surface area contributed by atoms with Gasteiger partial charge < -0.3 is 15.1 Å². The van der Waals surface area contributed by atoms with Crippen molar-refractivity contribution in [1.29, 1.82) is 0 Å². The van der Waals surface area contributed by atoms with E-state index in [-0.39, 0.29) is 17.5 Å². The molecular weight excluding hydrogens is 334 g/mol. The van der Waals surface area contributed by atoms with Crippen LogP contribution >= 0.6 is 0 Å². The molecule has 1 aliphatic carbocycles. The second-order valence-electron chi connectivity index (χ2n) is 8.74. The Bertz CT molecular complexity index is 924. The van der Waals surface area contributed by atoms with Crippen molar-refractivity contribution in [2.45, 2.75) is 50.7 Å². The maximum Gasteiger partial charge on any atom is 0.322 e. The number of para-hydroxylation sites is 1. The molecular formula is C23H27N3O. The number of nitrogens with zero attached hydrogens (tertiary/aromatic N) is 2. The molecule has 0 aromatic heterocycles. The minimum absolute atomic E-state index is 0.0135. The molecule has 2 heterocycles. The molecule has 4 nitrogen and oxygen atoms in total. The summed E-state index contributed by atoms with van der Waals surface area (Å²) in [5, 5.41) is 3.13. The third-order valence-electron chi connectivity index (χ3n) is 7.07. The maximum absolute atomic E-state index is 13.1. The normalized spacial score (nSPS) is 29.7. The highest BCUT2D eigenvalue weighted by Crippen LogP contribution is 2.48. The topological polar surface area (TPSA) is 35.6 Å². The Morgan fingerprint density at radius 1 is 1.15 bits per heavy atom. The van der Waals surface area contributed by atoms with Gasteiger partial charge in [0, 0.05) is 23.7 Å². The number of fused-ring (bicyclic) bond motifs is 5. The van der Waals surface area contributed by atoms with Gasteiger partial charge in [-0.2, -0.15) is 0 Å². The van der Waals surface area contributed by atoms with E-state index in [0.29, 0.717) is 12.6 Å². The summed E-state index contributed by atoms with van der Waals surface area (Å²) in [7, 11) is 2.21. The van der Waals surface area contributed by atoms with E-state index in [1.165, 1.54) is 22.3 Å². The van der Waals surface area contributed by atoms with Crippen LogP contribution in [0.5, 0.6) is 0 Å². The molecule has 3 atom stereocenters. The van der Waals surface area contributed by atoms with Gasteiger partial charge in [0.25, 0.3) is 0 Å². The largest absolute Gasteiger partial charge is 0.322 e. The quantitative estimate of drug-likeness (QED) is 0.835. The lowest BCUT2D eigenvalue weighted by molar-refractivity contribution is 0.00772. The van der Waals surface area contributed by atoms with E-state index in [4.69, 9.17) is 0 Å². The molecule has 2 aliphatic heterocycles. The van der Waals surface area contributed by atoms with Crippen molar-refractivity contribution in [1.82, 2.24) is 9.80 Å². The van der Waals surface area contributed by atoms with Crippen LogP contribution in [-0.2, 0) is 18.4 Å². The van der Waals surface area contributed by atoms with Gasteiger partial charge in [-0.1, -0.05) is 48.9 Å². The minimum atomic E-state index is -0.0135. The molecule has 0 saturated carbocycles. The van der Waals surface area contributed by atoms with Gasteiger partial charge >= 0.3 is 6.03 Å². The minimum Gasteiger partial charge on any atom is -0.315 e. The van der Waals surface area contributed by atoms with E-state index >= 15 is 0 Å². The number of benzene rings is 2. The molecule has 0 spiro atoms. The van der Waals surface area contributed by atoms with Crippen LogP contribution in [-0.4, -0.2) is 41.5 Å². The summed E-state index contributed by atoms with van der Waals surface area (Å²) in [6.45, 7) is 6.32. The average Bonchev–Trinajstić information content (AvgIpc) is 2.65. The molecule has 2 amide bonds. The zero-order valence-electron chi connectivity index (χ0n) is 16.3. The summed E-state index contributed by atoms with van der Waals surface area (Å²) in [5.41, 5.74) is 6.35. The highest BCUT2D eigenvalue weighted by atomic mass is 16.2. The summed E-state index contributed by atoms with van der Waals surface area (Å²) in [6, 6.07) is 15.6. The van der Waals surface area contributed by atoms with Crippen molar-refractivity contribution in [2.24, 2.45) is 0 Å². The van der Waals surface area contributed by atoms with Crippen LogP contribution in [0.15, 0.2) is 42.5 Å². The fourth-order valence-electron chi connectivity index (χ4n) is 5.57. The van der Waals surface area contributed by atoms with Crippen molar-refractivity contribution in [3.63, 3.8) is 0 Å². The number of piperidine rings is 1. The van der Waals surface area contributed by atoms with Crippen LogP contribution in [0.3, 0.4) is 0 Å². The van der Waals surface area contributed by atoms with Gasteiger partial charge in [-0.05, 0) is 56.1 Å². The Hall–Kier alpha value is -2.33. The van der Waals surface area contributed by atoms with Crippen LogP contribution in [0, 0.1) is 6.92 Å². The maximum atomic E-state index is 13.1. The van der Waals surface area contributed by atoms with E-state index in [1.54, 1.807) is 0 Å². The fraction of sp³-hybridized carbons (Fsp3) is 0.435. The van der Waals surface area contributed by atoms with E-state index in [9.17, 15) is 4.79 Å². The first-order valence-corrected chi connectivity index (χ1v) is 9.93. The van der Waals surface area contributed by atoms with Gasteiger partial charge in [0.15, 0.2) is 0 Å². The molecule has 2 aromatic rings. The number of carbonyl (C=O) groups is 1. The second-order valence-corrected chi connectivity index (χ2v) is 8.74. The Morgan fingerprint density at radius 3 is 2.81 bits per heavy atom. The Kier molecular flexibility index (Phi) is 3.63. The first kappa shape index (κ1) is 16.8. The molecule has 1 saturated heterocycles. The number of rotatable bonds is 1. The van der Waals surface area contributed by atoms with Crippen molar-refractivity contribution in [3.05, 3.63) is 64.7 Å². The molecule has 0 unspecified atom stereocenters. The molecule has 4 heteroatoms. The standard InChI is InChI=1S/C23H27N3O/c1-15-8-9-16-13-20-21(23(2,18(16)12-15)10-11-25(20)3)26-14-17-6-4-5-7-19(17)24-22(26)27/h4-9,12,20-21H,10-11,13-14H2,1-3H3,(H,24,27)/t20-,21+,23-/m1/s1. The molecule has 27 heavy (non-hydrogen) atoms. The van der Waals surface area contributed by atoms with E-state index < -0.39 is 0 Å². The van der Waals surface area contributed by atoms with Crippen LogP contribution in [0.1, 0.15) is 35.6 Å². The van der Waals surface area contributed by atoms with Gasteiger partial charge in [-0.25, -0.2) is 4.79 Å². The lowest BCUT2D eigenvalue weighted by Gasteiger charge is -2.58. The Balaban J connectivity index is 1.62. The number of carbonyl (C=O) groups excluding carboxylic acids is 1. The molecule has 2 aromatic carbocycles. The third kappa shape index (κ3) is 2.43. The summed E-state index contributed by atoms with van der Waals surface area (Å²) < 4.78 is 0. The highest BCUT2D eigenvalue weighted by molar-refractivity contribution is 5.92. The lowest BCUT2D eigenvalue weighted by atomic mass is 9.61. The zero-order valence-corrected chi connectivity index (χ0v) is 16.3. The Labute approximate surface area is 161 Å². The van der Waals surface area contributed by atoms with Crippen LogP contribution in [0.4, 0.5) is 10.5 Å². The van der Waals surface area contributed by atoms with E-state index in [2.05, 4.69) is 66.3 Å². The van der Waals surface area contributed by atoms with E-state index in [0.717, 1.165) is 25.1 Å². The third-order valence-corrected chi connectivity index (χ3v) is 7.07. The number of hydrogen-bond donors (Lipinski definition) is 1. The Morgan fingerprint density at radius 2 is 1.96 bits per heavy atom. The van der Waals surface area contributed by atoms with E-state index in [1.807, 2.05) is 12.1 Å². The van der Waals surface area contributed by atoms with Crippen molar-refractivity contribution >= 4 is 11.7 Å². The summed E-state index contributed by atoms with van der Waals surface area (Å²) in [6.07, 6.45) is 2.09. The summed E-state index contributed by atoms with van der Waals surface area (Å²) in [4.78, 5) is 17.7. The van der Waals surface area contributed by atoms with Gasteiger partial charge in [0.05, 0.1) is 6.04 Å². The number of aryl methyl sites for hydroxylation is 1. The van der Waals surface area contributed by atoms with Gasteiger partial charge in [-0.3, -0.25) is 0 Å². The van der Waals surface area contributed by atoms with Gasteiger partial charge in [0.2, 0.25) is 0 Å². The van der Waals surface area contributed by atoms with Crippen molar-refractivity contribution in [2.75, 3.05) is 18.9 Å². The second kappa shape index (κ2) is 5.83. The van der Waals surface area contributed by atoms with Crippen LogP contribution in [0.2, 0.25) is 0 Å². The first-order chi connectivity index (χ1) is 13.0. The monoisotopic (exact) mass is 361 g/mol.